The molecular formula is C20H26O3. The van der Waals surface area contributed by atoms with Crippen LogP contribution in [0.15, 0.2) is 21.3 Å². The second-order valence-corrected chi connectivity index (χ2v) is 7.17. The van der Waals surface area contributed by atoms with Crippen molar-refractivity contribution in [1.29, 1.82) is 0 Å². The predicted molar refractivity (Wildman–Crippen MR) is 93.3 cm³/mol. The number of phenolic OH excluding ortho intramolecular Hbond substituents is 1. The summed E-state index contributed by atoms with van der Waals surface area (Å²) < 4.78 is 5.58. The summed E-state index contributed by atoms with van der Waals surface area (Å²) in [5.41, 5.74) is 3.13. The maximum atomic E-state index is 12.4. The molecule has 1 aromatic heterocycles. The van der Waals surface area contributed by atoms with Crippen LogP contribution in [0.2, 0.25) is 0 Å². The van der Waals surface area contributed by atoms with Crippen LogP contribution in [-0.2, 0) is 12.8 Å². The number of hydrogen-bond acceptors (Lipinski definition) is 3. The Morgan fingerprint density at radius 3 is 2.78 bits per heavy atom. The molecule has 0 aliphatic heterocycles. The first-order valence-corrected chi connectivity index (χ1v) is 8.82. The van der Waals surface area contributed by atoms with Crippen molar-refractivity contribution in [2.45, 2.75) is 65.2 Å². The molecule has 0 spiro atoms. The Bertz CT molecular complexity index is 773. The van der Waals surface area contributed by atoms with E-state index in [-0.39, 0.29) is 17.3 Å². The highest BCUT2D eigenvalue weighted by Crippen LogP contribution is 2.39. The number of unbranched alkanes of at least 4 members (excludes halogenated alkanes) is 2. The van der Waals surface area contributed by atoms with E-state index in [1.165, 1.54) is 6.42 Å². The molecule has 0 fully saturated rings. The Balaban J connectivity index is 2.13. The molecule has 124 valence electrons. The Kier molecular flexibility index (Phi) is 4.47. The summed E-state index contributed by atoms with van der Waals surface area (Å²) in [7, 11) is 0. The second-order valence-electron chi connectivity index (χ2n) is 7.17. The lowest BCUT2D eigenvalue weighted by Crippen LogP contribution is -2.23. The van der Waals surface area contributed by atoms with E-state index in [1.54, 1.807) is 0 Å². The smallest absolute Gasteiger partial charge is 0.340 e. The van der Waals surface area contributed by atoms with Gasteiger partial charge in [-0.3, -0.25) is 0 Å². The molecule has 3 heteroatoms. The van der Waals surface area contributed by atoms with Crippen LogP contribution in [0.3, 0.4) is 0 Å². The van der Waals surface area contributed by atoms with Gasteiger partial charge in [-0.25, -0.2) is 4.79 Å². The number of benzene rings is 1. The van der Waals surface area contributed by atoms with Gasteiger partial charge in [-0.05, 0) is 60.8 Å². The van der Waals surface area contributed by atoms with E-state index < -0.39 is 0 Å². The van der Waals surface area contributed by atoms with Gasteiger partial charge < -0.3 is 9.52 Å². The van der Waals surface area contributed by atoms with Crippen molar-refractivity contribution in [1.82, 2.24) is 0 Å². The fraction of sp³-hybridized carbons (Fsp3) is 0.550. The first-order chi connectivity index (χ1) is 11.0. The van der Waals surface area contributed by atoms with E-state index >= 15 is 0 Å². The van der Waals surface area contributed by atoms with E-state index in [1.807, 2.05) is 12.1 Å². The van der Waals surface area contributed by atoms with Gasteiger partial charge in [-0.1, -0.05) is 33.6 Å². The van der Waals surface area contributed by atoms with Gasteiger partial charge in [0.2, 0.25) is 0 Å². The van der Waals surface area contributed by atoms with Gasteiger partial charge >= 0.3 is 5.63 Å². The average molecular weight is 314 g/mol. The molecule has 0 amide bonds. The zero-order valence-electron chi connectivity index (χ0n) is 14.3. The Hall–Kier alpha value is -1.77. The molecule has 3 rings (SSSR count). The van der Waals surface area contributed by atoms with Gasteiger partial charge in [-0.15, -0.1) is 0 Å². The SMILES string of the molecule is CCCCCc1cc(O)c2c3c(c(=O)oc2c1)C(C)CC(C)C3. The Morgan fingerprint density at radius 2 is 2.04 bits per heavy atom. The largest absolute Gasteiger partial charge is 0.507 e. The first kappa shape index (κ1) is 16.1. The summed E-state index contributed by atoms with van der Waals surface area (Å²) in [6.45, 7) is 6.45. The van der Waals surface area contributed by atoms with Crippen LogP contribution in [0.1, 0.15) is 69.1 Å². The average Bonchev–Trinajstić information content (AvgIpc) is 2.45. The van der Waals surface area contributed by atoms with Gasteiger partial charge in [0.05, 0.1) is 5.39 Å². The molecule has 1 heterocycles. The zero-order valence-corrected chi connectivity index (χ0v) is 14.3. The van der Waals surface area contributed by atoms with Gasteiger partial charge in [0, 0.05) is 5.56 Å². The van der Waals surface area contributed by atoms with E-state index in [4.69, 9.17) is 4.42 Å². The highest BCUT2D eigenvalue weighted by Gasteiger charge is 2.28. The molecule has 23 heavy (non-hydrogen) atoms. The fourth-order valence-electron chi connectivity index (χ4n) is 4.04. The first-order valence-electron chi connectivity index (χ1n) is 8.82. The third-order valence-corrected chi connectivity index (χ3v) is 5.06. The van der Waals surface area contributed by atoms with Crippen LogP contribution in [0.5, 0.6) is 5.75 Å². The molecule has 1 aromatic carbocycles. The minimum Gasteiger partial charge on any atom is -0.507 e. The lowest BCUT2D eigenvalue weighted by atomic mass is 9.78. The molecule has 2 aromatic rings. The second kappa shape index (κ2) is 6.38. The third kappa shape index (κ3) is 3.01. The van der Waals surface area contributed by atoms with Crippen molar-refractivity contribution < 1.29 is 9.52 Å². The monoisotopic (exact) mass is 314 g/mol. The van der Waals surface area contributed by atoms with Crippen LogP contribution in [0.25, 0.3) is 11.0 Å². The summed E-state index contributed by atoms with van der Waals surface area (Å²) >= 11 is 0. The molecular weight excluding hydrogens is 288 g/mol. The van der Waals surface area contributed by atoms with Crippen molar-refractivity contribution in [3.05, 3.63) is 39.2 Å². The molecule has 1 N–H and O–H groups in total. The number of aryl methyl sites for hydroxylation is 1. The Morgan fingerprint density at radius 1 is 1.26 bits per heavy atom. The topological polar surface area (TPSA) is 50.4 Å². The van der Waals surface area contributed by atoms with Crippen LogP contribution >= 0.6 is 0 Å². The van der Waals surface area contributed by atoms with Crippen LogP contribution in [0, 0.1) is 5.92 Å². The molecule has 0 saturated heterocycles. The van der Waals surface area contributed by atoms with Gasteiger partial charge in [0.25, 0.3) is 0 Å². The van der Waals surface area contributed by atoms with Crippen molar-refractivity contribution in [2.24, 2.45) is 5.92 Å². The minimum atomic E-state index is -0.225. The number of phenols is 1. The Labute approximate surface area is 137 Å². The molecule has 0 saturated carbocycles. The summed E-state index contributed by atoms with van der Waals surface area (Å²) in [5, 5.41) is 11.3. The van der Waals surface area contributed by atoms with Crippen molar-refractivity contribution in [2.75, 3.05) is 0 Å². The number of aromatic hydroxyl groups is 1. The van der Waals surface area contributed by atoms with Crippen molar-refractivity contribution in [3.63, 3.8) is 0 Å². The van der Waals surface area contributed by atoms with E-state index in [0.717, 1.165) is 54.2 Å². The molecule has 2 atom stereocenters. The lowest BCUT2D eigenvalue weighted by Gasteiger charge is -2.27. The fourth-order valence-corrected chi connectivity index (χ4v) is 4.04. The van der Waals surface area contributed by atoms with Gasteiger partial charge in [0.1, 0.15) is 11.3 Å². The van der Waals surface area contributed by atoms with Crippen LogP contribution in [0.4, 0.5) is 0 Å². The number of hydrogen-bond donors (Lipinski definition) is 1. The minimum absolute atomic E-state index is 0.193. The van der Waals surface area contributed by atoms with E-state index in [0.29, 0.717) is 11.5 Å². The van der Waals surface area contributed by atoms with Gasteiger partial charge in [-0.2, -0.15) is 0 Å². The lowest BCUT2D eigenvalue weighted by molar-refractivity contribution is 0.426. The maximum absolute atomic E-state index is 12.4. The number of fused-ring (bicyclic) bond motifs is 3. The maximum Gasteiger partial charge on any atom is 0.340 e. The predicted octanol–water partition coefficient (Wildman–Crippen LogP) is 4.92. The van der Waals surface area contributed by atoms with E-state index in [2.05, 4.69) is 20.8 Å². The summed E-state index contributed by atoms with van der Waals surface area (Å²) in [6.07, 6.45) is 6.17. The third-order valence-electron chi connectivity index (χ3n) is 5.06. The quantitative estimate of drug-likeness (QED) is 0.644. The van der Waals surface area contributed by atoms with E-state index in [9.17, 15) is 9.90 Å². The summed E-state index contributed by atoms with van der Waals surface area (Å²) in [5.74, 6) is 0.972. The highest BCUT2D eigenvalue weighted by atomic mass is 16.4. The normalized spacial score (nSPS) is 20.7. The molecule has 3 nitrogen and oxygen atoms in total. The summed E-state index contributed by atoms with van der Waals surface area (Å²) in [4.78, 5) is 12.4. The molecule has 0 radical (unpaired) electrons. The van der Waals surface area contributed by atoms with Crippen LogP contribution < -0.4 is 5.63 Å². The molecule has 2 unspecified atom stereocenters. The highest BCUT2D eigenvalue weighted by molar-refractivity contribution is 5.88. The molecule has 1 aliphatic carbocycles. The summed E-state index contributed by atoms with van der Waals surface area (Å²) in [6, 6.07) is 3.79. The molecule has 1 aliphatic rings. The standard InChI is InChI=1S/C20H26O3/c1-4-5-6-7-14-10-16(21)19-15-9-12(2)8-13(3)18(15)20(22)23-17(19)11-14/h10-13,21H,4-9H2,1-3H3. The molecule has 0 bridgehead atoms. The van der Waals surface area contributed by atoms with Crippen LogP contribution in [-0.4, -0.2) is 5.11 Å². The van der Waals surface area contributed by atoms with Crippen molar-refractivity contribution >= 4 is 11.0 Å². The zero-order chi connectivity index (χ0) is 16.6. The van der Waals surface area contributed by atoms with Gasteiger partial charge in [0.15, 0.2) is 0 Å². The number of rotatable bonds is 4. The van der Waals surface area contributed by atoms with Crippen molar-refractivity contribution in [3.8, 4) is 5.75 Å².